The molecule has 0 amide bonds. The van der Waals surface area contributed by atoms with Crippen LogP contribution in [0, 0.1) is 13.8 Å². The minimum absolute atomic E-state index is 0.0149. The summed E-state index contributed by atoms with van der Waals surface area (Å²) in [5.41, 5.74) is 35.2. The molecule has 7 aliphatic rings. The number of phosphoric ester groups is 2. The number of hydrogen-bond donors (Lipinski definition) is 13. The largest absolute Gasteiger partial charge is 0.472 e. The third-order valence-electron chi connectivity index (χ3n) is 23.6. The number of aliphatic hydroxyl groups excluding tert-OH is 1. The monoisotopic (exact) mass is 2200 g/mol. The normalized spacial score (nSPS) is 29.8. The van der Waals surface area contributed by atoms with Gasteiger partial charge in [-0.3, -0.25) is 59.8 Å². The van der Waals surface area contributed by atoms with E-state index in [1.54, 1.807) is 24.6 Å². The van der Waals surface area contributed by atoms with Crippen LogP contribution in [0.1, 0.15) is 62.5 Å². The lowest BCUT2D eigenvalue weighted by atomic mass is 10.1. The first-order valence-corrected chi connectivity index (χ1v) is 55.0. The molecule has 15 rings (SSSR count). The van der Waals surface area contributed by atoms with Crippen molar-refractivity contribution >= 4 is 140 Å². The Morgan fingerprint density at radius 1 is 0.441 bits per heavy atom. The fourth-order valence-electron chi connectivity index (χ4n) is 16.6. The quantitative estimate of drug-likeness (QED) is 0.0159. The van der Waals surface area contributed by atoms with Gasteiger partial charge in [0.1, 0.15) is 145 Å². The molecule has 11 unspecified atom stereocenters. The summed E-state index contributed by atoms with van der Waals surface area (Å²) in [6.45, 7) is -10.5. The second-order valence-corrected chi connectivity index (χ2v) is 44.5. The van der Waals surface area contributed by atoms with Gasteiger partial charge >= 0.3 is 47.2 Å². The summed E-state index contributed by atoms with van der Waals surface area (Å²) in [4.78, 5) is 154. The van der Waals surface area contributed by atoms with Crippen LogP contribution in [0.4, 0.5) is 29.2 Å². The summed E-state index contributed by atoms with van der Waals surface area (Å²) in [6.07, 6.45) is -25.0. The molecule has 6 saturated heterocycles. The molecule has 0 aliphatic carbocycles. The van der Waals surface area contributed by atoms with Gasteiger partial charge in [0.25, 0.3) is 5.56 Å². The van der Waals surface area contributed by atoms with E-state index in [0.717, 1.165) is 21.8 Å². The van der Waals surface area contributed by atoms with Gasteiger partial charge in [-0.1, -0.05) is 6.58 Å². The molecule has 7 aliphatic heterocycles. The Labute approximate surface area is 837 Å². The van der Waals surface area contributed by atoms with E-state index in [-0.39, 0.29) is 140 Å². The lowest BCUT2D eigenvalue weighted by Crippen LogP contribution is -2.44. The minimum atomic E-state index is -5.92. The number of rotatable bonds is 51. The second-order valence-electron chi connectivity index (χ2n) is 33.3. The molecule has 69 heteroatoms. The predicted molar refractivity (Wildman–Crippen MR) is 510 cm³/mol. The molecule has 8 aromatic rings. The number of nitrogens with one attached hydrogen (secondary N) is 1. The number of aliphatic hydroxyl groups is 1. The topological polar surface area (TPSA) is 788 Å². The van der Waals surface area contributed by atoms with Crippen molar-refractivity contribution in [3.63, 3.8) is 0 Å². The first-order valence-electron chi connectivity index (χ1n) is 44.2. The number of imidazole rings is 3. The number of nitrogens with two attached hydrogens (primary N) is 6. The van der Waals surface area contributed by atoms with E-state index in [0.29, 0.717) is 16.7 Å². The van der Waals surface area contributed by atoms with Crippen molar-refractivity contribution < 1.29 is 160 Å². The van der Waals surface area contributed by atoms with E-state index in [1.165, 1.54) is 94.8 Å². The van der Waals surface area contributed by atoms with Gasteiger partial charge in [0.05, 0.1) is 130 Å². The van der Waals surface area contributed by atoms with Crippen molar-refractivity contribution in [1.82, 2.24) is 82.6 Å². The Hall–Kier alpha value is -7.91. The molecule has 0 saturated carbocycles. The Morgan fingerprint density at radius 2 is 0.814 bits per heavy atom. The average Bonchev–Trinajstić information content (AvgIpc) is 1.61. The minimum Gasteiger partial charge on any atom is -0.387 e. The van der Waals surface area contributed by atoms with Crippen molar-refractivity contribution in [3.05, 3.63) is 111 Å². The third kappa shape index (κ3) is 25.9. The van der Waals surface area contributed by atoms with E-state index in [2.05, 4.69) is 66.4 Å². The Morgan fingerprint density at radius 3 is 1.26 bits per heavy atom. The second kappa shape index (κ2) is 47.7. The summed E-state index contributed by atoms with van der Waals surface area (Å²) in [5.74, 6) is -0.436. The van der Waals surface area contributed by atoms with Crippen LogP contribution in [0.25, 0.3) is 33.5 Å². The number of methoxy groups -OCH3 is 5. The lowest BCUT2D eigenvalue weighted by molar-refractivity contribution is -0.0936. The maximum absolute atomic E-state index is 15.4. The number of ether oxygens (including phenoxy) is 16. The number of phosphoric acid groups is 2. The van der Waals surface area contributed by atoms with E-state index in [9.17, 15) is 44.0 Å². The highest BCUT2D eigenvalue weighted by Crippen LogP contribution is 2.58. The first kappa shape index (κ1) is 111. The van der Waals surface area contributed by atoms with Crippen LogP contribution in [0.2, 0.25) is 0 Å². The van der Waals surface area contributed by atoms with Gasteiger partial charge in [-0.25, -0.2) is 58.6 Å². The van der Waals surface area contributed by atoms with Gasteiger partial charge in [0, 0.05) is 77.3 Å². The molecule has 19 N–H and O–H groups in total. The summed E-state index contributed by atoms with van der Waals surface area (Å²) in [5, 5.41) is 11.9. The standard InChI is InChI=1S/C76H111N24O37P5S3/c1-35-22-95(39(5)90-60(35)77)69-55(117-16-11-112-6)50(101)41(128-69)25-124-141(110,144)137-54-45(132-72(59(54)121-20-15-116-10)99-33-88-48-64(81)84-31-86-66(48)99)29-126-142(111,145)136-53-43(130-71(58(53)120-19-14-115-9)97-24-37(3)62(79)92-76(97)104)27-123-139(107,108)134-51-42(129-70(56(51)118-17-12-113-7)96-23-36(2)61(78)91-75(96)103)26-122-138(105,106)135-52-44(131-73(57(52)119-18-13-114-8)100-34-89-49-67(100)93-74(82)94-68(49)102)28-125-140(109,143)133-40-21-46(127-38(40)4)98-32-87-47-63(80)83-30-85-65(47)98/h22-24,30-34,38,40-46,50-59,69-73,101H,5,11-21,25-29H2,1-4,6-10H3,(H2,77,90)(H,105,106)(H,107,108)(H,109,143)(H,110,144)(H,111,145)(H2,78,91,103)(H2,79,92,104)(H2,80,83,85)(H2,81,84,86)(H3,82,93,94,102)/t38-,40?,41-,42-,43-,44-,45-,46-,50?,51?,52?,53?,54?,55+,56+,57+,58+,59+,69-,70-,71-,72-,73-,140?,141?,142?/m1/s1. The molecule has 0 bridgehead atoms. The van der Waals surface area contributed by atoms with Crippen LogP contribution in [0.15, 0.2) is 87.6 Å². The number of aryl methyl sites for hydroxylation is 2. The molecular formula is C76H111N24O37P5S3. The van der Waals surface area contributed by atoms with E-state index >= 15 is 9.13 Å². The zero-order chi connectivity index (χ0) is 104. The van der Waals surface area contributed by atoms with Gasteiger partial charge in [-0.2, -0.15) is 15.0 Å². The number of nitrogen functional groups attached to an aromatic ring is 5. The van der Waals surface area contributed by atoms with Crippen molar-refractivity contribution in [2.75, 3.05) is 163 Å². The molecule has 61 nitrogen and oxygen atoms in total. The summed E-state index contributed by atoms with van der Waals surface area (Å²) in [7, 11) is -4.90. The summed E-state index contributed by atoms with van der Waals surface area (Å²) >= 11 is 17.2. The van der Waals surface area contributed by atoms with E-state index < -0.39 is 234 Å². The highest BCUT2D eigenvalue weighted by Gasteiger charge is 2.59. The predicted octanol–water partition coefficient (Wildman–Crippen LogP) is -1.11. The van der Waals surface area contributed by atoms with Crippen LogP contribution in [-0.4, -0.2) is 363 Å². The van der Waals surface area contributed by atoms with Gasteiger partial charge < -0.3 is 163 Å². The average molecular weight is 2200 g/mol. The number of aromatic nitrogens is 16. The highest BCUT2D eigenvalue weighted by molar-refractivity contribution is 8.07. The van der Waals surface area contributed by atoms with Crippen LogP contribution < -0.4 is 51.3 Å². The molecule has 0 spiro atoms. The molecule has 0 radical (unpaired) electrons. The van der Waals surface area contributed by atoms with Gasteiger partial charge in [-0.05, 0) is 63.1 Å². The fraction of sp³-hybridized carbons (Fsp3) is 0.632. The highest BCUT2D eigenvalue weighted by atomic mass is 32.5. The van der Waals surface area contributed by atoms with Crippen LogP contribution in [0.3, 0.4) is 0 Å². The van der Waals surface area contributed by atoms with Crippen molar-refractivity contribution in [3.8, 4) is 0 Å². The number of H-pyrrole nitrogens is 1. The molecule has 28 atom stereocenters. The van der Waals surface area contributed by atoms with E-state index in [1.807, 2.05) is 0 Å². The van der Waals surface area contributed by atoms with Gasteiger partial charge in [0.2, 0.25) is 5.95 Å². The Bertz CT molecular complexity index is 6420. The van der Waals surface area contributed by atoms with Crippen LogP contribution in [0.5, 0.6) is 0 Å². The van der Waals surface area contributed by atoms with Crippen LogP contribution >= 0.6 is 35.8 Å². The van der Waals surface area contributed by atoms with E-state index in [4.69, 9.17) is 191 Å². The molecule has 0 aromatic carbocycles. The van der Waals surface area contributed by atoms with Crippen molar-refractivity contribution in [2.24, 2.45) is 10.7 Å². The van der Waals surface area contributed by atoms with Crippen LogP contribution in [-0.2, 0) is 166 Å². The van der Waals surface area contributed by atoms with Gasteiger partial charge in [0.15, 0.2) is 65.2 Å². The molecule has 6 fully saturated rings. The zero-order valence-corrected chi connectivity index (χ0v) is 85.7. The number of aromatic amines is 1. The number of hydrogen-bond acceptors (Lipinski definition) is 53. The number of nitrogens with zero attached hydrogens (tertiary/aromatic N) is 17. The Kier molecular flexibility index (Phi) is 36.6. The zero-order valence-electron chi connectivity index (χ0n) is 78.8. The molecule has 8 aromatic heterocycles. The Balaban J connectivity index is 0.715. The number of amidine groups is 1. The number of aliphatic imine (C=N–C) groups is 1. The van der Waals surface area contributed by atoms with Crippen molar-refractivity contribution in [1.29, 1.82) is 0 Å². The molecular weight excluding hydrogens is 2090 g/mol. The fourth-order valence-corrected chi connectivity index (χ4v) is 22.9. The first-order chi connectivity index (χ1) is 69.0. The van der Waals surface area contributed by atoms with Gasteiger partial charge in [-0.15, -0.1) is 0 Å². The maximum Gasteiger partial charge on any atom is 0.472 e. The number of anilines is 5. The smallest absolute Gasteiger partial charge is 0.387 e. The molecule has 15 heterocycles. The maximum atomic E-state index is 15.4. The van der Waals surface area contributed by atoms with Crippen molar-refractivity contribution in [2.45, 2.75) is 175 Å². The number of fused-ring (bicyclic) bond motifs is 3. The lowest BCUT2D eigenvalue weighted by Gasteiger charge is -2.33. The molecule has 800 valence electrons. The summed E-state index contributed by atoms with van der Waals surface area (Å²) < 4.78 is 195. The molecule has 145 heavy (non-hydrogen) atoms. The third-order valence-corrected chi connectivity index (χ3v) is 30.3. The SMILES string of the molecule is C=C1N=C(N)C(C)=CN1[C@@H]1O[C@H](COP(O)(=S)OC2[C@@H](COP(O)(=S)OC3[C@@H](COP(=O)(O)OC4[C@@H](COP(=O)(O)OC5[C@@H](COP(O)(=S)OC6C[C@H](n7cnc8c(N)ncnc87)O[C@@H]6C)O[C@@H](n6cnc7c(=O)[nH]c(N)nc76)[C@H]5OCCOC)O[C@@H](n5cc(C)c(N)nc5=O)[C@H]4OCCOC)O[C@@H](n4cc(C)c(N)nc4=O)[C@H]3OCCOC)O[C@@H](n3cnc4c(N)ncnc43)[C@H]2OCCOC)C(O)[C@@H]1OCCOC. The summed E-state index contributed by atoms with van der Waals surface area (Å²) in [6, 6.07) is 0.